The number of carbonyl (C=O) groups excluding carboxylic acids is 1. The number of amides is 1. The molecule has 2 heterocycles. The molecular weight excluding hydrogens is 218 g/mol. The van der Waals surface area contributed by atoms with Gasteiger partial charge >= 0.3 is 0 Å². The predicted octanol–water partition coefficient (Wildman–Crippen LogP) is 2.01. The molecule has 1 fully saturated rings. The lowest BCUT2D eigenvalue weighted by atomic mass is 10.00. The Hall–Kier alpha value is -1.39. The van der Waals surface area contributed by atoms with Crippen LogP contribution in [0.15, 0.2) is 18.2 Å². The minimum Gasteiger partial charge on any atom is -0.348 e. The number of fused-ring (bicyclic) bond motifs is 1. The van der Waals surface area contributed by atoms with Crippen molar-refractivity contribution >= 4 is 11.6 Å². The minimum absolute atomic E-state index is 0.0930. The topological polar surface area (TPSA) is 47.6 Å². The van der Waals surface area contributed by atoms with Crippen LogP contribution in [0.3, 0.4) is 0 Å². The molecule has 1 amide bonds. The van der Waals surface area contributed by atoms with Crippen molar-refractivity contribution in [2.45, 2.75) is 25.6 Å². The van der Waals surface area contributed by atoms with E-state index in [1.807, 2.05) is 12.1 Å². The van der Waals surface area contributed by atoms with Crippen LogP contribution in [0.4, 0.5) is 5.69 Å². The quantitative estimate of drug-likeness (QED) is 0.807. The number of rotatable bonds is 1. The average Bonchev–Trinajstić information content (AvgIpc) is 2.39. The first-order valence-electron chi connectivity index (χ1n) is 5.99. The highest BCUT2D eigenvalue weighted by Gasteiger charge is 2.20. The zero-order valence-corrected chi connectivity index (χ0v) is 9.57. The molecule has 3 rings (SSSR count). The number of nitrogens with one attached hydrogen (secondary N) is 1. The van der Waals surface area contributed by atoms with Crippen LogP contribution in [0.5, 0.6) is 0 Å². The van der Waals surface area contributed by atoms with Crippen molar-refractivity contribution < 1.29 is 14.3 Å². The van der Waals surface area contributed by atoms with E-state index in [0.29, 0.717) is 6.42 Å². The van der Waals surface area contributed by atoms with Crippen molar-refractivity contribution in [3.8, 4) is 0 Å². The Balaban J connectivity index is 1.85. The monoisotopic (exact) mass is 233 g/mol. The Labute approximate surface area is 99.9 Å². The second-order valence-corrected chi connectivity index (χ2v) is 4.39. The zero-order chi connectivity index (χ0) is 11.7. The molecule has 0 unspecified atom stereocenters. The van der Waals surface area contributed by atoms with Crippen molar-refractivity contribution in [3.63, 3.8) is 0 Å². The summed E-state index contributed by atoms with van der Waals surface area (Å²) >= 11 is 0. The van der Waals surface area contributed by atoms with Crippen LogP contribution in [0.1, 0.15) is 30.3 Å². The molecule has 0 atom stereocenters. The van der Waals surface area contributed by atoms with Crippen LogP contribution in [0, 0.1) is 0 Å². The highest BCUT2D eigenvalue weighted by molar-refractivity contribution is 5.93. The predicted molar refractivity (Wildman–Crippen MR) is 62.7 cm³/mol. The van der Waals surface area contributed by atoms with E-state index in [4.69, 9.17) is 9.47 Å². The summed E-state index contributed by atoms with van der Waals surface area (Å²) in [5.41, 5.74) is 3.13. The van der Waals surface area contributed by atoms with Gasteiger partial charge in [0.15, 0.2) is 6.29 Å². The van der Waals surface area contributed by atoms with Gasteiger partial charge in [0, 0.05) is 17.7 Å². The van der Waals surface area contributed by atoms with E-state index in [9.17, 15) is 4.79 Å². The molecular formula is C13H15NO3. The number of hydrogen-bond acceptors (Lipinski definition) is 3. The Bertz CT molecular complexity index is 438. The van der Waals surface area contributed by atoms with E-state index in [1.165, 1.54) is 5.56 Å². The van der Waals surface area contributed by atoms with Crippen LogP contribution in [-0.2, 0) is 20.7 Å². The van der Waals surface area contributed by atoms with Gasteiger partial charge in [-0.2, -0.15) is 0 Å². The third-order valence-corrected chi connectivity index (χ3v) is 3.12. The summed E-state index contributed by atoms with van der Waals surface area (Å²) in [6, 6.07) is 5.97. The summed E-state index contributed by atoms with van der Waals surface area (Å²) in [6.07, 6.45) is 2.06. The molecule has 0 radical (unpaired) electrons. The second kappa shape index (κ2) is 4.47. The van der Waals surface area contributed by atoms with E-state index in [-0.39, 0.29) is 12.2 Å². The van der Waals surface area contributed by atoms with Gasteiger partial charge in [-0.1, -0.05) is 6.07 Å². The largest absolute Gasteiger partial charge is 0.348 e. The zero-order valence-electron chi connectivity index (χ0n) is 9.57. The molecule has 0 aromatic heterocycles. The number of ether oxygens (including phenoxy) is 2. The minimum atomic E-state index is -0.244. The molecule has 1 aromatic rings. The van der Waals surface area contributed by atoms with Gasteiger partial charge in [-0.25, -0.2) is 0 Å². The van der Waals surface area contributed by atoms with Crippen LogP contribution >= 0.6 is 0 Å². The normalized spacial score (nSPS) is 20.8. The van der Waals surface area contributed by atoms with Crippen molar-refractivity contribution in [3.05, 3.63) is 29.3 Å². The van der Waals surface area contributed by atoms with Gasteiger partial charge in [0.1, 0.15) is 0 Å². The Morgan fingerprint density at radius 2 is 2.00 bits per heavy atom. The van der Waals surface area contributed by atoms with Crippen molar-refractivity contribution in [2.75, 3.05) is 18.5 Å². The van der Waals surface area contributed by atoms with E-state index in [2.05, 4.69) is 11.4 Å². The summed E-state index contributed by atoms with van der Waals surface area (Å²) in [6.45, 7) is 1.50. The molecule has 1 aromatic carbocycles. The van der Waals surface area contributed by atoms with Crippen molar-refractivity contribution in [2.24, 2.45) is 0 Å². The fourth-order valence-electron chi connectivity index (χ4n) is 2.23. The second-order valence-electron chi connectivity index (χ2n) is 4.39. The lowest BCUT2D eigenvalue weighted by Crippen LogP contribution is -2.21. The Kier molecular flexibility index (Phi) is 2.82. The number of benzene rings is 1. The number of aryl methyl sites for hydroxylation is 1. The summed E-state index contributed by atoms with van der Waals surface area (Å²) < 4.78 is 11.1. The molecule has 1 N–H and O–H groups in total. The molecule has 1 saturated heterocycles. The first-order valence-corrected chi connectivity index (χ1v) is 5.99. The van der Waals surface area contributed by atoms with Gasteiger partial charge in [-0.05, 0) is 30.5 Å². The van der Waals surface area contributed by atoms with E-state index < -0.39 is 0 Å². The molecule has 2 aliphatic heterocycles. The van der Waals surface area contributed by atoms with Gasteiger partial charge in [0.05, 0.1) is 13.2 Å². The third-order valence-electron chi connectivity index (χ3n) is 3.12. The third kappa shape index (κ3) is 2.18. The maximum Gasteiger partial charge on any atom is 0.224 e. The first-order chi connectivity index (χ1) is 8.33. The Morgan fingerprint density at radius 1 is 1.18 bits per heavy atom. The van der Waals surface area contributed by atoms with Gasteiger partial charge in [-0.15, -0.1) is 0 Å². The van der Waals surface area contributed by atoms with Gasteiger partial charge in [0.25, 0.3) is 0 Å². The molecule has 90 valence electrons. The molecule has 2 aliphatic rings. The van der Waals surface area contributed by atoms with Crippen molar-refractivity contribution in [1.29, 1.82) is 0 Å². The summed E-state index contributed by atoms with van der Waals surface area (Å²) in [7, 11) is 0. The number of carbonyl (C=O) groups is 1. The molecule has 0 bridgehead atoms. The van der Waals surface area contributed by atoms with E-state index in [0.717, 1.165) is 37.3 Å². The first kappa shape index (κ1) is 10.7. The van der Waals surface area contributed by atoms with E-state index >= 15 is 0 Å². The van der Waals surface area contributed by atoms with Crippen LogP contribution in [0.2, 0.25) is 0 Å². The van der Waals surface area contributed by atoms with Gasteiger partial charge < -0.3 is 14.8 Å². The smallest absolute Gasteiger partial charge is 0.224 e. The maximum absolute atomic E-state index is 11.3. The fraction of sp³-hybridized carbons (Fsp3) is 0.462. The highest BCUT2D eigenvalue weighted by Crippen LogP contribution is 2.29. The summed E-state index contributed by atoms with van der Waals surface area (Å²) in [4.78, 5) is 11.3. The van der Waals surface area contributed by atoms with Gasteiger partial charge in [-0.3, -0.25) is 4.79 Å². The van der Waals surface area contributed by atoms with Crippen LogP contribution in [0.25, 0.3) is 0 Å². The molecule has 4 nitrogen and oxygen atoms in total. The molecule has 0 saturated carbocycles. The number of hydrogen-bond donors (Lipinski definition) is 1. The van der Waals surface area contributed by atoms with Crippen LogP contribution in [-0.4, -0.2) is 19.1 Å². The van der Waals surface area contributed by atoms with E-state index in [1.54, 1.807) is 0 Å². The number of anilines is 1. The van der Waals surface area contributed by atoms with Crippen molar-refractivity contribution in [1.82, 2.24) is 0 Å². The maximum atomic E-state index is 11.3. The molecule has 4 heteroatoms. The van der Waals surface area contributed by atoms with Crippen LogP contribution < -0.4 is 5.32 Å². The molecule has 0 spiro atoms. The summed E-state index contributed by atoms with van der Waals surface area (Å²) in [5, 5.41) is 2.87. The summed E-state index contributed by atoms with van der Waals surface area (Å²) in [5.74, 6) is 0.0930. The SMILES string of the molecule is O=C1CCc2cc(C3OCCCO3)ccc2N1. The molecule has 0 aliphatic carbocycles. The average molecular weight is 233 g/mol. The highest BCUT2D eigenvalue weighted by atomic mass is 16.7. The molecule has 17 heavy (non-hydrogen) atoms. The Morgan fingerprint density at radius 3 is 2.82 bits per heavy atom. The van der Waals surface area contributed by atoms with Gasteiger partial charge in [0.2, 0.25) is 5.91 Å². The standard InChI is InChI=1S/C13H15NO3/c15-12-5-3-9-8-10(2-4-11(9)14-12)13-16-6-1-7-17-13/h2,4,8,13H,1,3,5-7H2,(H,14,15). The lowest BCUT2D eigenvalue weighted by Gasteiger charge is -2.25. The lowest BCUT2D eigenvalue weighted by molar-refractivity contribution is -0.183. The fourth-order valence-corrected chi connectivity index (χ4v) is 2.23.